The highest BCUT2D eigenvalue weighted by molar-refractivity contribution is 5.77. The zero-order valence-corrected chi connectivity index (χ0v) is 12.3. The van der Waals surface area contributed by atoms with Gasteiger partial charge < -0.3 is 9.73 Å². The molecule has 1 aliphatic carbocycles. The fourth-order valence-corrected chi connectivity index (χ4v) is 2.48. The minimum Gasteiger partial charge on any atom is -0.440 e. The number of hydrogen-bond acceptors (Lipinski definition) is 4. The van der Waals surface area contributed by atoms with Gasteiger partial charge in [0.1, 0.15) is 5.52 Å². The van der Waals surface area contributed by atoms with E-state index in [1.54, 1.807) is 0 Å². The Hall–Kier alpha value is -2.30. The lowest BCUT2D eigenvalue weighted by Gasteiger charge is -2.05. The Bertz CT molecular complexity index is 798. The molecule has 108 valence electrons. The number of oxazole rings is 1. The van der Waals surface area contributed by atoms with Gasteiger partial charge in [0.05, 0.1) is 6.20 Å². The van der Waals surface area contributed by atoms with Crippen LogP contribution in [0.25, 0.3) is 11.1 Å². The Morgan fingerprint density at radius 3 is 2.95 bits per heavy atom. The summed E-state index contributed by atoms with van der Waals surface area (Å²) in [4.78, 5) is 4.59. The summed E-state index contributed by atoms with van der Waals surface area (Å²) in [6.45, 7) is 2.84. The first-order chi connectivity index (χ1) is 10.2. The summed E-state index contributed by atoms with van der Waals surface area (Å²) >= 11 is 0. The minimum absolute atomic E-state index is 0.548. The normalized spacial score (nSPS) is 14.8. The SMILES string of the molecule is Cc1c(CNc2ccc3oc(C4CC4)nc3c2)cnn1C. The van der Waals surface area contributed by atoms with Gasteiger partial charge in [0.15, 0.2) is 11.5 Å². The molecule has 2 heterocycles. The van der Waals surface area contributed by atoms with Crippen molar-refractivity contribution < 1.29 is 4.42 Å². The van der Waals surface area contributed by atoms with Crippen molar-refractivity contribution >= 4 is 16.8 Å². The molecule has 2 aromatic heterocycles. The van der Waals surface area contributed by atoms with Crippen LogP contribution in [0.3, 0.4) is 0 Å². The van der Waals surface area contributed by atoms with Gasteiger partial charge in [-0.15, -0.1) is 0 Å². The molecule has 1 aliphatic rings. The third-order valence-electron chi connectivity index (χ3n) is 4.15. The largest absolute Gasteiger partial charge is 0.440 e. The monoisotopic (exact) mass is 282 g/mol. The fourth-order valence-electron chi connectivity index (χ4n) is 2.48. The number of nitrogens with zero attached hydrogens (tertiary/aromatic N) is 3. The minimum atomic E-state index is 0.548. The summed E-state index contributed by atoms with van der Waals surface area (Å²) in [6.07, 6.45) is 4.32. The van der Waals surface area contributed by atoms with Crippen LogP contribution in [0.2, 0.25) is 0 Å². The molecule has 1 N–H and O–H groups in total. The van der Waals surface area contributed by atoms with E-state index in [9.17, 15) is 0 Å². The van der Waals surface area contributed by atoms with Crippen LogP contribution in [-0.4, -0.2) is 14.8 Å². The van der Waals surface area contributed by atoms with Crippen LogP contribution in [0.1, 0.15) is 35.9 Å². The van der Waals surface area contributed by atoms with E-state index in [4.69, 9.17) is 4.42 Å². The van der Waals surface area contributed by atoms with E-state index in [1.807, 2.05) is 30.1 Å². The van der Waals surface area contributed by atoms with Crippen LogP contribution in [0.15, 0.2) is 28.8 Å². The average molecular weight is 282 g/mol. The molecule has 3 aromatic rings. The molecule has 1 fully saturated rings. The highest BCUT2D eigenvalue weighted by Crippen LogP contribution is 2.40. The number of nitrogens with one attached hydrogen (secondary N) is 1. The summed E-state index contributed by atoms with van der Waals surface area (Å²) in [6, 6.07) is 6.08. The maximum Gasteiger partial charge on any atom is 0.198 e. The topological polar surface area (TPSA) is 55.9 Å². The Labute approximate surface area is 123 Å². The first-order valence-electron chi connectivity index (χ1n) is 7.32. The number of anilines is 1. The Morgan fingerprint density at radius 2 is 2.24 bits per heavy atom. The first kappa shape index (κ1) is 12.4. The van der Waals surface area contributed by atoms with E-state index < -0.39 is 0 Å². The van der Waals surface area contributed by atoms with Gasteiger partial charge in [-0.2, -0.15) is 5.10 Å². The maximum atomic E-state index is 5.78. The smallest absolute Gasteiger partial charge is 0.198 e. The molecule has 1 aromatic carbocycles. The van der Waals surface area contributed by atoms with Gasteiger partial charge in [-0.3, -0.25) is 4.68 Å². The van der Waals surface area contributed by atoms with Crippen molar-refractivity contribution in [1.82, 2.24) is 14.8 Å². The summed E-state index contributed by atoms with van der Waals surface area (Å²) in [5.74, 6) is 1.44. The van der Waals surface area contributed by atoms with Crippen LogP contribution in [-0.2, 0) is 13.6 Å². The fraction of sp³-hybridized carbons (Fsp3) is 0.375. The molecule has 0 amide bonds. The molecule has 0 atom stereocenters. The highest BCUT2D eigenvalue weighted by Gasteiger charge is 2.28. The van der Waals surface area contributed by atoms with E-state index in [0.717, 1.165) is 29.2 Å². The van der Waals surface area contributed by atoms with Crippen molar-refractivity contribution in [3.63, 3.8) is 0 Å². The molecule has 0 saturated heterocycles. The van der Waals surface area contributed by atoms with E-state index in [2.05, 4.69) is 28.4 Å². The predicted octanol–water partition coefficient (Wildman–Crippen LogP) is 3.36. The second-order valence-electron chi connectivity index (χ2n) is 5.74. The Morgan fingerprint density at radius 1 is 1.38 bits per heavy atom. The molecule has 0 unspecified atom stereocenters. The van der Waals surface area contributed by atoms with Gasteiger partial charge in [-0.1, -0.05) is 0 Å². The summed E-state index contributed by atoms with van der Waals surface area (Å²) in [5.41, 5.74) is 5.25. The lowest BCUT2D eigenvalue weighted by Crippen LogP contribution is -2.01. The predicted molar refractivity (Wildman–Crippen MR) is 81.3 cm³/mol. The molecular weight excluding hydrogens is 264 g/mol. The Balaban J connectivity index is 1.54. The van der Waals surface area contributed by atoms with E-state index in [-0.39, 0.29) is 0 Å². The summed E-state index contributed by atoms with van der Waals surface area (Å²) in [7, 11) is 1.96. The molecule has 0 spiro atoms. The zero-order chi connectivity index (χ0) is 14.4. The number of benzene rings is 1. The van der Waals surface area contributed by atoms with E-state index >= 15 is 0 Å². The number of rotatable bonds is 4. The van der Waals surface area contributed by atoms with Gasteiger partial charge in [-0.25, -0.2) is 4.98 Å². The lowest BCUT2D eigenvalue weighted by atomic mass is 10.2. The highest BCUT2D eigenvalue weighted by atomic mass is 16.3. The first-order valence-corrected chi connectivity index (χ1v) is 7.32. The van der Waals surface area contributed by atoms with Crippen molar-refractivity contribution in [2.24, 2.45) is 7.05 Å². The van der Waals surface area contributed by atoms with Gasteiger partial charge in [-0.05, 0) is 38.0 Å². The van der Waals surface area contributed by atoms with Gasteiger partial charge >= 0.3 is 0 Å². The van der Waals surface area contributed by atoms with Crippen LogP contribution in [0, 0.1) is 6.92 Å². The third kappa shape index (κ3) is 2.28. The molecule has 1 saturated carbocycles. The van der Waals surface area contributed by atoms with Crippen molar-refractivity contribution in [1.29, 1.82) is 0 Å². The molecule has 5 nitrogen and oxygen atoms in total. The van der Waals surface area contributed by atoms with Crippen LogP contribution in [0.5, 0.6) is 0 Å². The van der Waals surface area contributed by atoms with E-state index in [0.29, 0.717) is 5.92 Å². The molecule has 0 bridgehead atoms. The molecule has 0 aliphatic heterocycles. The quantitative estimate of drug-likeness (QED) is 0.797. The molecule has 0 radical (unpaired) electrons. The molecule has 4 rings (SSSR count). The van der Waals surface area contributed by atoms with Crippen molar-refractivity contribution in [2.75, 3.05) is 5.32 Å². The number of fused-ring (bicyclic) bond motifs is 1. The summed E-state index contributed by atoms with van der Waals surface area (Å²) in [5, 5.41) is 7.68. The van der Waals surface area contributed by atoms with Crippen LogP contribution < -0.4 is 5.32 Å². The third-order valence-corrected chi connectivity index (χ3v) is 4.15. The zero-order valence-electron chi connectivity index (χ0n) is 12.3. The number of hydrogen-bond donors (Lipinski definition) is 1. The number of aromatic nitrogens is 3. The van der Waals surface area contributed by atoms with Crippen LogP contribution in [0.4, 0.5) is 5.69 Å². The standard InChI is InChI=1S/C16H18N4O/c1-10-12(9-18-20(10)2)8-17-13-5-6-15-14(7-13)19-16(21-15)11-3-4-11/h5-7,9,11,17H,3-4,8H2,1-2H3. The Kier molecular flexibility index (Phi) is 2.74. The molecular formula is C16H18N4O. The van der Waals surface area contributed by atoms with E-state index in [1.165, 1.54) is 24.1 Å². The molecule has 5 heteroatoms. The average Bonchev–Trinajstić information content (AvgIpc) is 3.18. The second-order valence-corrected chi connectivity index (χ2v) is 5.74. The van der Waals surface area contributed by atoms with Crippen molar-refractivity contribution in [2.45, 2.75) is 32.2 Å². The van der Waals surface area contributed by atoms with Crippen molar-refractivity contribution in [3.05, 3.63) is 41.5 Å². The van der Waals surface area contributed by atoms with Crippen molar-refractivity contribution in [3.8, 4) is 0 Å². The number of aryl methyl sites for hydroxylation is 1. The maximum absolute atomic E-state index is 5.78. The second kappa shape index (κ2) is 4.62. The van der Waals surface area contributed by atoms with Crippen LogP contribution >= 0.6 is 0 Å². The van der Waals surface area contributed by atoms with Gasteiger partial charge in [0.25, 0.3) is 0 Å². The van der Waals surface area contributed by atoms with Gasteiger partial charge in [0, 0.05) is 36.5 Å². The lowest BCUT2D eigenvalue weighted by molar-refractivity contribution is 0.533. The summed E-state index contributed by atoms with van der Waals surface area (Å²) < 4.78 is 7.67. The molecule has 21 heavy (non-hydrogen) atoms. The van der Waals surface area contributed by atoms with Gasteiger partial charge in [0.2, 0.25) is 0 Å².